The average Bonchev–Trinajstić information content (AvgIpc) is 2.15. The van der Waals surface area contributed by atoms with Crippen molar-refractivity contribution in [1.82, 2.24) is 0 Å². The van der Waals surface area contributed by atoms with Gasteiger partial charge in [0, 0.05) is 6.92 Å². The first-order valence-electron chi connectivity index (χ1n) is 5.90. The number of hydrogen-bond acceptors (Lipinski definition) is 2. The lowest BCUT2D eigenvalue weighted by Gasteiger charge is -2.02. The molecular formula is C12H24O2. The van der Waals surface area contributed by atoms with Crippen LogP contribution in [-0.2, 0) is 9.53 Å². The fourth-order valence-electron chi connectivity index (χ4n) is 1.45. The first-order valence-corrected chi connectivity index (χ1v) is 5.90. The summed E-state index contributed by atoms with van der Waals surface area (Å²) in [4.78, 5) is 10.4. The second kappa shape index (κ2) is 10.6. The Balaban J connectivity index is 2.88. The molecule has 0 radical (unpaired) electrons. The van der Waals surface area contributed by atoms with Crippen molar-refractivity contribution < 1.29 is 9.53 Å². The van der Waals surface area contributed by atoms with Crippen LogP contribution in [0.25, 0.3) is 0 Å². The van der Waals surface area contributed by atoms with Gasteiger partial charge >= 0.3 is 5.97 Å². The van der Waals surface area contributed by atoms with Gasteiger partial charge in [-0.05, 0) is 6.42 Å². The number of rotatable bonds is 9. The van der Waals surface area contributed by atoms with E-state index in [9.17, 15) is 4.79 Å². The summed E-state index contributed by atoms with van der Waals surface area (Å²) in [6, 6.07) is 0. The maximum atomic E-state index is 10.4. The van der Waals surface area contributed by atoms with Crippen molar-refractivity contribution in [2.24, 2.45) is 0 Å². The van der Waals surface area contributed by atoms with Crippen LogP contribution < -0.4 is 0 Å². The van der Waals surface area contributed by atoms with Gasteiger partial charge in [0.2, 0.25) is 0 Å². The van der Waals surface area contributed by atoms with E-state index in [4.69, 9.17) is 4.74 Å². The van der Waals surface area contributed by atoms with Crippen molar-refractivity contribution in [3.63, 3.8) is 0 Å². The lowest BCUT2D eigenvalue weighted by atomic mass is 10.1. The predicted octanol–water partition coefficient (Wildman–Crippen LogP) is 3.69. The van der Waals surface area contributed by atoms with Gasteiger partial charge in [-0.3, -0.25) is 4.79 Å². The molecule has 2 nitrogen and oxygen atoms in total. The maximum Gasteiger partial charge on any atom is 0.302 e. The fourth-order valence-corrected chi connectivity index (χ4v) is 1.45. The zero-order valence-electron chi connectivity index (χ0n) is 9.68. The number of hydrogen-bond donors (Lipinski definition) is 0. The summed E-state index contributed by atoms with van der Waals surface area (Å²) >= 11 is 0. The van der Waals surface area contributed by atoms with Crippen molar-refractivity contribution in [3.05, 3.63) is 0 Å². The highest BCUT2D eigenvalue weighted by molar-refractivity contribution is 5.65. The number of unbranched alkanes of at least 4 members (excludes halogenated alkanes) is 7. The van der Waals surface area contributed by atoms with Crippen LogP contribution in [0.2, 0.25) is 0 Å². The van der Waals surface area contributed by atoms with Crippen molar-refractivity contribution in [2.45, 2.75) is 65.2 Å². The third kappa shape index (κ3) is 11.5. The molecule has 0 atom stereocenters. The van der Waals surface area contributed by atoms with E-state index in [1.807, 2.05) is 0 Å². The van der Waals surface area contributed by atoms with E-state index in [2.05, 4.69) is 6.92 Å². The average molecular weight is 202 g/mol. The van der Waals surface area contributed by atoms with E-state index in [0.717, 1.165) is 6.42 Å². The van der Waals surface area contributed by atoms with Crippen LogP contribution in [0.3, 0.4) is 0 Å². The van der Waals surface area contributed by atoms with Crippen LogP contribution in [0.4, 0.5) is 0 Å². The Morgan fingerprint density at radius 1 is 1.07 bits per heavy atom. The first kappa shape index (κ1) is 13.5. The first-order chi connectivity index (χ1) is 6.77. The third-order valence-corrected chi connectivity index (χ3v) is 2.30. The molecule has 0 aromatic carbocycles. The number of carbonyl (C=O) groups is 1. The van der Waals surface area contributed by atoms with E-state index in [1.54, 1.807) is 0 Å². The monoisotopic (exact) mass is 202 g/mol. The Hall–Kier alpha value is -0.530. The summed E-state index contributed by atoms with van der Waals surface area (Å²) in [6.07, 6.45) is 10.2. The molecule has 84 valence electrons. The maximum absolute atomic E-state index is 10.4. The summed E-state index contributed by atoms with van der Waals surface area (Å²) in [7, 11) is 0. The largest absolute Gasteiger partial charge is 0.466 e. The van der Waals surface area contributed by atoms with E-state index >= 15 is 0 Å². The molecule has 0 saturated heterocycles. The van der Waals surface area contributed by atoms with Gasteiger partial charge in [0.1, 0.15) is 0 Å². The lowest BCUT2D eigenvalue weighted by Crippen LogP contribution is -1.99. The standard InChI is InChI=1S/C12H24O2/c1-3-4-5-6-7-8-9-10-11-14-12(2)13/h3-11H2,1-2H3/i11+2. The molecule has 0 spiro atoms. The summed E-state index contributed by atoms with van der Waals surface area (Å²) in [5.41, 5.74) is 0. The Morgan fingerprint density at radius 3 is 2.21 bits per heavy atom. The number of ether oxygens (including phenoxy) is 1. The van der Waals surface area contributed by atoms with Gasteiger partial charge < -0.3 is 4.74 Å². The topological polar surface area (TPSA) is 26.3 Å². The molecule has 0 aliphatic carbocycles. The van der Waals surface area contributed by atoms with Crippen LogP contribution in [0.15, 0.2) is 0 Å². The molecule has 0 unspecified atom stereocenters. The normalized spacial score (nSPS) is 10.1. The second-order valence-electron chi connectivity index (χ2n) is 3.81. The van der Waals surface area contributed by atoms with Crippen molar-refractivity contribution in [2.75, 3.05) is 6.61 Å². The predicted molar refractivity (Wildman–Crippen MR) is 59.2 cm³/mol. The fraction of sp³-hybridized carbons (Fsp3) is 0.917. The Labute approximate surface area is 88.0 Å². The molecular weight excluding hydrogens is 178 g/mol. The van der Waals surface area contributed by atoms with Gasteiger partial charge in [0.15, 0.2) is 0 Å². The smallest absolute Gasteiger partial charge is 0.302 e. The minimum atomic E-state index is -0.159. The molecule has 0 amide bonds. The van der Waals surface area contributed by atoms with Crippen molar-refractivity contribution in [3.8, 4) is 0 Å². The summed E-state index contributed by atoms with van der Waals surface area (Å²) < 4.78 is 4.85. The molecule has 0 aromatic heterocycles. The molecule has 0 rings (SSSR count). The molecule has 0 aliphatic heterocycles. The Morgan fingerprint density at radius 2 is 1.64 bits per heavy atom. The van der Waals surface area contributed by atoms with Crippen LogP contribution in [-0.4, -0.2) is 12.6 Å². The second-order valence-corrected chi connectivity index (χ2v) is 3.81. The van der Waals surface area contributed by atoms with Gasteiger partial charge in [-0.2, -0.15) is 0 Å². The van der Waals surface area contributed by atoms with Gasteiger partial charge in [0.05, 0.1) is 6.61 Å². The molecule has 0 saturated carbocycles. The summed E-state index contributed by atoms with van der Waals surface area (Å²) in [5, 5.41) is 0. The van der Waals surface area contributed by atoms with Gasteiger partial charge in [-0.15, -0.1) is 0 Å². The number of carbonyl (C=O) groups excluding carboxylic acids is 1. The summed E-state index contributed by atoms with van der Waals surface area (Å²) in [6.45, 7) is 4.30. The third-order valence-electron chi connectivity index (χ3n) is 2.30. The van der Waals surface area contributed by atoms with Crippen LogP contribution in [0.1, 0.15) is 65.2 Å². The quantitative estimate of drug-likeness (QED) is 0.421. The molecule has 2 heteroatoms. The molecule has 0 heterocycles. The van der Waals surface area contributed by atoms with Crippen molar-refractivity contribution >= 4 is 5.97 Å². The van der Waals surface area contributed by atoms with Gasteiger partial charge in [-0.1, -0.05) is 51.9 Å². The van der Waals surface area contributed by atoms with Crippen LogP contribution in [0.5, 0.6) is 0 Å². The zero-order valence-corrected chi connectivity index (χ0v) is 9.68. The highest BCUT2D eigenvalue weighted by Crippen LogP contribution is 2.08. The Kier molecular flexibility index (Phi) is 10.2. The molecule has 0 aliphatic rings. The van der Waals surface area contributed by atoms with Crippen molar-refractivity contribution in [1.29, 1.82) is 0 Å². The molecule has 0 aromatic rings. The van der Waals surface area contributed by atoms with Crippen LogP contribution >= 0.6 is 0 Å². The van der Waals surface area contributed by atoms with Crippen LogP contribution in [0, 0.1) is 0 Å². The minimum absolute atomic E-state index is 0.159. The van der Waals surface area contributed by atoms with E-state index < -0.39 is 0 Å². The van der Waals surface area contributed by atoms with Gasteiger partial charge in [-0.25, -0.2) is 0 Å². The van der Waals surface area contributed by atoms with E-state index in [-0.39, 0.29) is 5.97 Å². The molecule has 14 heavy (non-hydrogen) atoms. The summed E-state index contributed by atoms with van der Waals surface area (Å²) in [5.74, 6) is -0.159. The highest BCUT2D eigenvalue weighted by Gasteiger charge is 1.93. The minimum Gasteiger partial charge on any atom is -0.466 e. The molecule has 0 fully saturated rings. The molecule has 0 bridgehead atoms. The van der Waals surface area contributed by atoms with E-state index in [1.165, 1.54) is 51.9 Å². The highest BCUT2D eigenvalue weighted by atomic mass is 16.7. The van der Waals surface area contributed by atoms with Gasteiger partial charge in [0.25, 0.3) is 0 Å². The number of esters is 1. The zero-order chi connectivity index (χ0) is 10.6. The Bertz CT molecular complexity index is 132. The SMILES string of the molecule is CCCCCCCCC[14CH2]OC(C)=O. The van der Waals surface area contributed by atoms with E-state index in [0.29, 0.717) is 6.61 Å². The molecule has 0 N–H and O–H groups in total. The lowest BCUT2D eigenvalue weighted by molar-refractivity contribution is -0.141.